The molecule has 0 fully saturated rings. The van der Waals surface area contributed by atoms with Gasteiger partial charge in [0.2, 0.25) is 0 Å². The lowest BCUT2D eigenvalue weighted by atomic mass is 9.87. The van der Waals surface area contributed by atoms with Gasteiger partial charge in [-0.15, -0.1) is 0 Å². The van der Waals surface area contributed by atoms with E-state index in [2.05, 4.69) is 18.8 Å². The van der Waals surface area contributed by atoms with Crippen molar-refractivity contribution in [2.45, 2.75) is 45.6 Å². The summed E-state index contributed by atoms with van der Waals surface area (Å²) >= 11 is 0. The summed E-state index contributed by atoms with van der Waals surface area (Å²) in [6.45, 7) is 8.21. The van der Waals surface area contributed by atoms with Gasteiger partial charge >= 0.3 is 0 Å². The number of hydrogen-bond donors (Lipinski definition) is 0. The molecule has 0 aliphatic heterocycles. The van der Waals surface area contributed by atoms with Gasteiger partial charge in [0.05, 0.1) is 6.07 Å². The summed E-state index contributed by atoms with van der Waals surface area (Å²) in [7, 11) is 5.27. The maximum absolute atomic E-state index is 13.1. The Kier molecular flexibility index (Phi) is 3.89. The molecule has 1 aromatic rings. The summed E-state index contributed by atoms with van der Waals surface area (Å²) in [6, 6.07) is 1.96. The van der Waals surface area contributed by atoms with Crippen LogP contribution in [-0.2, 0) is 0 Å². The van der Waals surface area contributed by atoms with Gasteiger partial charge in [0, 0.05) is 11.9 Å². The van der Waals surface area contributed by atoms with Crippen LogP contribution in [0.25, 0.3) is 0 Å². The van der Waals surface area contributed by atoms with E-state index in [0.717, 1.165) is 11.3 Å². The minimum Gasteiger partial charge on any atom is -0.261 e. The predicted octanol–water partition coefficient (Wildman–Crippen LogP) is 3.47. The van der Waals surface area contributed by atoms with E-state index in [1.165, 1.54) is 0 Å². The number of halogens is 1. The highest BCUT2D eigenvalue weighted by Gasteiger charge is 2.14. The van der Waals surface area contributed by atoms with Crippen molar-refractivity contribution in [2.24, 2.45) is 0 Å². The second-order valence-electron chi connectivity index (χ2n) is 4.45. The maximum Gasteiger partial charge on any atom is 0.123 e. The average molecular weight is 205 g/mol. The molecular formula is C12H17BFN. The standard InChI is InChI=1S/C12H17BFN/c1-7(2)9-5-11(8(3)4)15-6-10(9)12(13)14/h5-8,12H,1-4H3. The molecule has 0 bridgehead atoms. The van der Waals surface area contributed by atoms with Gasteiger partial charge in [-0.2, -0.15) is 0 Å². The molecule has 0 amide bonds. The first kappa shape index (κ1) is 12.2. The van der Waals surface area contributed by atoms with E-state index in [1.54, 1.807) is 6.20 Å². The lowest BCUT2D eigenvalue weighted by Crippen LogP contribution is -2.04. The smallest absolute Gasteiger partial charge is 0.123 e. The van der Waals surface area contributed by atoms with Gasteiger partial charge in [0.1, 0.15) is 7.85 Å². The molecule has 1 rings (SSSR count). The number of hydrogen-bond acceptors (Lipinski definition) is 1. The summed E-state index contributed by atoms with van der Waals surface area (Å²) in [4.78, 5) is 4.22. The van der Waals surface area contributed by atoms with E-state index < -0.39 is 6.07 Å². The number of alkyl halides is 1. The van der Waals surface area contributed by atoms with Crippen molar-refractivity contribution in [2.75, 3.05) is 0 Å². The van der Waals surface area contributed by atoms with Crippen LogP contribution in [0.3, 0.4) is 0 Å². The summed E-state index contributed by atoms with van der Waals surface area (Å²) < 4.78 is 13.1. The Bertz CT molecular complexity index is 334. The fourth-order valence-electron chi connectivity index (χ4n) is 1.54. The Balaban J connectivity index is 3.21. The molecule has 1 nitrogen and oxygen atoms in total. The van der Waals surface area contributed by atoms with Crippen molar-refractivity contribution in [3.05, 3.63) is 29.1 Å². The summed E-state index contributed by atoms with van der Waals surface area (Å²) in [5, 5.41) is 0. The predicted molar refractivity (Wildman–Crippen MR) is 62.0 cm³/mol. The van der Waals surface area contributed by atoms with Gasteiger partial charge in [-0.25, -0.2) is 0 Å². The Labute approximate surface area is 92.5 Å². The third-order valence-electron chi connectivity index (χ3n) is 2.50. The molecule has 1 atom stereocenters. The minimum atomic E-state index is -1.43. The van der Waals surface area contributed by atoms with E-state index in [4.69, 9.17) is 7.85 Å². The Morgan fingerprint density at radius 1 is 1.13 bits per heavy atom. The molecule has 0 N–H and O–H groups in total. The summed E-state index contributed by atoms with van der Waals surface area (Å²) in [6.07, 6.45) is 0.131. The highest BCUT2D eigenvalue weighted by atomic mass is 19.1. The van der Waals surface area contributed by atoms with Gasteiger partial charge in [-0.3, -0.25) is 9.37 Å². The van der Waals surface area contributed by atoms with Crippen molar-refractivity contribution in [1.29, 1.82) is 0 Å². The van der Waals surface area contributed by atoms with E-state index >= 15 is 0 Å². The van der Waals surface area contributed by atoms with Crippen LogP contribution >= 0.6 is 0 Å². The molecule has 2 radical (unpaired) electrons. The van der Waals surface area contributed by atoms with Crippen molar-refractivity contribution in [3.63, 3.8) is 0 Å². The molecule has 0 aromatic carbocycles. The highest BCUT2D eigenvalue weighted by Crippen LogP contribution is 2.27. The quantitative estimate of drug-likeness (QED) is 0.688. The SMILES string of the molecule is [B]C(F)c1cnc(C(C)C)cc1C(C)C. The number of rotatable bonds is 3. The van der Waals surface area contributed by atoms with Crippen LogP contribution in [0.1, 0.15) is 62.4 Å². The van der Waals surface area contributed by atoms with Crippen molar-refractivity contribution in [1.82, 2.24) is 4.98 Å². The molecule has 80 valence electrons. The molecule has 0 saturated heterocycles. The normalized spacial score (nSPS) is 13.5. The van der Waals surface area contributed by atoms with Gasteiger partial charge in [-0.1, -0.05) is 27.7 Å². The van der Waals surface area contributed by atoms with E-state index in [-0.39, 0.29) is 5.92 Å². The van der Waals surface area contributed by atoms with Gasteiger partial charge < -0.3 is 0 Å². The molecule has 15 heavy (non-hydrogen) atoms. The molecule has 1 aromatic heterocycles. The molecule has 0 spiro atoms. The zero-order chi connectivity index (χ0) is 11.6. The third kappa shape index (κ3) is 2.80. The fourth-order valence-corrected chi connectivity index (χ4v) is 1.54. The fraction of sp³-hybridized carbons (Fsp3) is 0.583. The van der Waals surface area contributed by atoms with E-state index in [1.807, 2.05) is 19.9 Å². The number of pyridine rings is 1. The van der Waals surface area contributed by atoms with Crippen LogP contribution in [0, 0.1) is 0 Å². The average Bonchev–Trinajstić information content (AvgIpc) is 2.16. The largest absolute Gasteiger partial charge is 0.261 e. The topological polar surface area (TPSA) is 12.9 Å². The minimum absolute atomic E-state index is 0.266. The molecule has 0 saturated carbocycles. The van der Waals surface area contributed by atoms with Gasteiger partial charge in [0.15, 0.2) is 0 Å². The van der Waals surface area contributed by atoms with Crippen molar-refractivity contribution >= 4 is 7.85 Å². The van der Waals surface area contributed by atoms with E-state index in [9.17, 15) is 4.39 Å². The molecule has 1 heterocycles. The highest BCUT2D eigenvalue weighted by molar-refractivity contribution is 6.11. The number of nitrogens with zero attached hydrogens (tertiary/aromatic N) is 1. The van der Waals surface area contributed by atoms with Crippen LogP contribution in [0.5, 0.6) is 0 Å². The summed E-state index contributed by atoms with van der Waals surface area (Å²) in [5.74, 6) is 0.620. The first-order valence-electron chi connectivity index (χ1n) is 5.32. The lowest BCUT2D eigenvalue weighted by Gasteiger charge is -2.16. The Morgan fingerprint density at radius 2 is 1.73 bits per heavy atom. The van der Waals surface area contributed by atoms with Crippen LogP contribution < -0.4 is 0 Å². The zero-order valence-corrected chi connectivity index (χ0v) is 9.79. The first-order chi connectivity index (χ1) is 6.93. The van der Waals surface area contributed by atoms with Crippen molar-refractivity contribution in [3.8, 4) is 0 Å². The van der Waals surface area contributed by atoms with Crippen LogP contribution in [0.15, 0.2) is 12.3 Å². The second kappa shape index (κ2) is 4.78. The Morgan fingerprint density at radius 3 is 2.13 bits per heavy atom. The molecular weight excluding hydrogens is 188 g/mol. The van der Waals surface area contributed by atoms with Crippen LogP contribution in [0.2, 0.25) is 0 Å². The van der Waals surface area contributed by atoms with E-state index in [0.29, 0.717) is 11.5 Å². The molecule has 0 aliphatic carbocycles. The van der Waals surface area contributed by atoms with Gasteiger partial charge in [0.25, 0.3) is 0 Å². The van der Waals surface area contributed by atoms with Crippen LogP contribution in [-0.4, -0.2) is 12.8 Å². The molecule has 0 aliphatic rings. The van der Waals surface area contributed by atoms with Gasteiger partial charge in [-0.05, 0) is 29.0 Å². The third-order valence-corrected chi connectivity index (χ3v) is 2.50. The van der Waals surface area contributed by atoms with Crippen molar-refractivity contribution < 1.29 is 4.39 Å². The van der Waals surface area contributed by atoms with Crippen LogP contribution in [0.4, 0.5) is 4.39 Å². The molecule has 1 unspecified atom stereocenters. The zero-order valence-electron chi connectivity index (χ0n) is 9.79. The Hall–Kier alpha value is -0.855. The second-order valence-corrected chi connectivity index (χ2v) is 4.45. The monoisotopic (exact) mass is 205 g/mol. The lowest BCUT2D eigenvalue weighted by molar-refractivity contribution is 0.454. The molecule has 3 heteroatoms. The summed E-state index contributed by atoms with van der Waals surface area (Å²) in [5.41, 5.74) is 2.46. The first-order valence-corrected chi connectivity index (χ1v) is 5.32. The maximum atomic E-state index is 13.1. The number of aromatic nitrogens is 1.